The molecular weight excluding hydrogens is 472 g/mol. The van der Waals surface area contributed by atoms with Gasteiger partial charge in [-0.2, -0.15) is 0 Å². The molecule has 182 valence electrons. The van der Waals surface area contributed by atoms with Crippen LogP contribution in [0.4, 0.5) is 5.69 Å². The fraction of sp³-hybridized carbons (Fsp3) is 0.138. The molecule has 0 saturated carbocycles. The third-order valence-corrected chi connectivity index (χ3v) is 6.53. The highest BCUT2D eigenvalue weighted by molar-refractivity contribution is 7.10. The van der Waals surface area contributed by atoms with E-state index in [0.717, 1.165) is 10.4 Å². The zero-order valence-electron chi connectivity index (χ0n) is 19.8. The summed E-state index contributed by atoms with van der Waals surface area (Å²) in [7, 11) is 1.30. The molecular formula is C29H26N2O4S. The van der Waals surface area contributed by atoms with Crippen LogP contribution in [-0.2, 0) is 27.3 Å². The molecule has 0 aliphatic carbocycles. The van der Waals surface area contributed by atoms with Crippen molar-refractivity contribution in [2.45, 2.75) is 19.0 Å². The number of anilines is 1. The van der Waals surface area contributed by atoms with Gasteiger partial charge in [-0.1, -0.05) is 72.8 Å². The van der Waals surface area contributed by atoms with Crippen molar-refractivity contribution in [2.75, 3.05) is 12.0 Å². The second kappa shape index (κ2) is 12.0. The van der Waals surface area contributed by atoms with Crippen molar-refractivity contribution in [3.8, 4) is 0 Å². The van der Waals surface area contributed by atoms with Crippen LogP contribution in [0.25, 0.3) is 0 Å². The van der Waals surface area contributed by atoms with Gasteiger partial charge in [0.1, 0.15) is 6.04 Å². The smallest absolute Gasteiger partial charge is 0.337 e. The standard InChI is InChI=1S/C29H26N2O4S/c1-35-29(34)23-14-8-15-24(18-23)31(26(32)19-25-16-9-17-36-25)27(22-12-6-3-7-13-22)28(33)30-20-21-10-4-2-5-11-21/h2-18,27H,19-20H2,1H3,(H,30,33)/t27-/m1/s1. The zero-order chi connectivity index (χ0) is 25.3. The van der Waals surface area contributed by atoms with E-state index in [0.29, 0.717) is 23.4 Å². The minimum absolute atomic E-state index is 0.120. The Morgan fingerprint density at radius 2 is 1.61 bits per heavy atom. The number of esters is 1. The van der Waals surface area contributed by atoms with Crippen LogP contribution in [0.2, 0.25) is 0 Å². The molecule has 2 amide bonds. The van der Waals surface area contributed by atoms with E-state index in [-0.39, 0.29) is 18.2 Å². The summed E-state index contributed by atoms with van der Waals surface area (Å²) in [6.45, 7) is 0.318. The lowest BCUT2D eigenvalue weighted by atomic mass is 10.0. The third kappa shape index (κ3) is 6.06. The molecule has 4 rings (SSSR count). The first-order valence-corrected chi connectivity index (χ1v) is 12.3. The van der Waals surface area contributed by atoms with Crippen LogP contribution in [0, 0.1) is 0 Å². The number of methoxy groups -OCH3 is 1. The average Bonchev–Trinajstić information content (AvgIpc) is 3.44. The fourth-order valence-electron chi connectivity index (χ4n) is 3.92. The highest BCUT2D eigenvalue weighted by atomic mass is 32.1. The van der Waals surface area contributed by atoms with E-state index in [1.807, 2.05) is 78.2 Å². The zero-order valence-corrected chi connectivity index (χ0v) is 20.6. The Balaban J connectivity index is 1.76. The normalized spacial score (nSPS) is 11.4. The van der Waals surface area contributed by atoms with Gasteiger partial charge in [-0.25, -0.2) is 4.79 Å². The number of thiophene rings is 1. The maximum atomic E-state index is 13.8. The first kappa shape index (κ1) is 24.9. The monoisotopic (exact) mass is 498 g/mol. The Morgan fingerprint density at radius 3 is 2.28 bits per heavy atom. The second-order valence-corrected chi connectivity index (χ2v) is 9.11. The minimum Gasteiger partial charge on any atom is -0.465 e. The van der Waals surface area contributed by atoms with E-state index in [4.69, 9.17) is 4.74 Å². The molecule has 0 fully saturated rings. The molecule has 0 aliphatic heterocycles. The van der Waals surface area contributed by atoms with Gasteiger partial charge in [-0.3, -0.25) is 14.5 Å². The van der Waals surface area contributed by atoms with E-state index in [1.54, 1.807) is 24.3 Å². The van der Waals surface area contributed by atoms with Gasteiger partial charge >= 0.3 is 5.97 Å². The number of carbonyl (C=O) groups excluding carboxylic acids is 3. The van der Waals surface area contributed by atoms with Gasteiger partial charge in [0.05, 0.1) is 19.1 Å². The van der Waals surface area contributed by atoms with E-state index < -0.39 is 12.0 Å². The highest BCUT2D eigenvalue weighted by Crippen LogP contribution is 2.30. The third-order valence-electron chi connectivity index (χ3n) is 5.65. The van der Waals surface area contributed by atoms with Gasteiger partial charge < -0.3 is 10.1 Å². The van der Waals surface area contributed by atoms with Gasteiger partial charge in [0.15, 0.2) is 0 Å². The Hall–Kier alpha value is -4.23. The Bertz CT molecular complexity index is 1310. The number of ether oxygens (including phenoxy) is 1. The van der Waals surface area contributed by atoms with Crippen LogP contribution in [0.5, 0.6) is 0 Å². The molecule has 3 aromatic carbocycles. The van der Waals surface area contributed by atoms with Gasteiger partial charge in [0.2, 0.25) is 11.8 Å². The molecule has 1 heterocycles. The van der Waals surface area contributed by atoms with Crippen molar-refractivity contribution in [3.63, 3.8) is 0 Å². The first-order chi connectivity index (χ1) is 17.6. The molecule has 0 saturated heterocycles. The van der Waals surface area contributed by atoms with Gasteiger partial charge in [0.25, 0.3) is 0 Å². The second-order valence-electron chi connectivity index (χ2n) is 8.08. The molecule has 1 aromatic heterocycles. The quantitative estimate of drug-likeness (QED) is 0.323. The number of benzene rings is 3. The number of amides is 2. The van der Waals surface area contributed by atoms with E-state index >= 15 is 0 Å². The summed E-state index contributed by atoms with van der Waals surface area (Å²) < 4.78 is 4.88. The van der Waals surface area contributed by atoms with E-state index in [9.17, 15) is 14.4 Å². The molecule has 36 heavy (non-hydrogen) atoms. The summed E-state index contributed by atoms with van der Waals surface area (Å²) in [6, 6.07) is 28.2. The van der Waals surface area contributed by atoms with Crippen LogP contribution in [0.15, 0.2) is 102 Å². The van der Waals surface area contributed by atoms with Crippen molar-refractivity contribution >= 4 is 34.8 Å². The Labute approximate surface area is 214 Å². The number of nitrogens with one attached hydrogen (secondary N) is 1. The van der Waals surface area contributed by atoms with Gasteiger partial charge in [-0.05, 0) is 40.8 Å². The molecule has 0 aliphatic rings. The summed E-state index contributed by atoms with van der Waals surface area (Å²) in [5.41, 5.74) is 2.33. The van der Waals surface area contributed by atoms with Crippen molar-refractivity contribution in [1.82, 2.24) is 5.32 Å². The Kier molecular flexibility index (Phi) is 8.26. The molecule has 6 nitrogen and oxygen atoms in total. The van der Waals surface area contributed by atoms with Crippen LogP contribution in [-0.4, -0.2) is 24.9 Å². The number of hydrogen-bond donors (Lipinski definition) is 1. The summed E-state index contributed by atoms with van der Waals surface area (Å²) in [5.74, 6) is -1.11. The van der Waals surface area contributed by atoms with Crippen molar-refractivity contribution < 1.29 is 19.1 Å². The lowest BCUT2D eigenvalue weighted by Gasteiger charge is -2.32. The van der Waals surface area contributed by atoms with Crippen molar-refractivity contribution in [2.24, 2.45) is 0 Å². The predicted molar refractivity (Wildman–Crippen MR) is 141 cm³/mol. The average molecular weight is 499 g/mol. The minimum atomic E-state index is -0.949. The molecule has 1 N–H and O–H groups in total. The SMILES string of the molecule is COC(=O)c1cccc(N(C(=O)Cc2cccs2)[C@@H](C(=O)NCc2ccccc2)c2ccccc2)c1. The summed E-state index contributed by atoms with van der Waals surface area (Å²) in [6.07, 6.45) is 0.120. The summed E-state index contributed by atoms with van der Waals surface area (Å²) >= 11 is 1.48. The van der Waals surface area contributed by atoms with Crippen molar-refractivity contribution in [1.29, 1.82) is 0 Å². The maximum absolute atomic E-state index is 13.8. The van der Waals surface area contributed by atoms with Crippen LogP contribution in [0.3, 0.4) is 0 Å². The highest BCUT2D eigenvalue weighted by Gasteiger charge is 2.33. The molecule has 0 radical (unpaired) electrons. The topological polar surface area (TPSA) is 75.7 Å². The van der Waals surface area contributed by atoms with Gasteiger partial charge in [0, 0.05) is 17.1 Å². The fourth-order valence-corrected chi connectivity index (χ4v) is 4.62. The van der Waals surface area contributed by atoms with Crippen molar-refractivity contribution in [3.05, 3.63) is 124 Å². The summed E-state index contributed by atoms with van der Waals surface area (Å²) in [4.78, 5) is 42.1. The molecule has 1 atom stereocenters. The first-order valence-electron chi connectivity index (χ1n) is 11.5. The van der Waals surface area contributed by atoms with E-state index in [2.05, 4.69) is 5.32 Å². The number of hydrogen-bond acceptors (Lipinski definition) is 5. The lowest BCUT2D eigenvalue weighted by molar-refractivity contribution is -0.126. The molecule has 0 spiro atoms. The van der Waals surface area contributed by atoms with Crippen LogP contribution < -0.4 is 10.2 Å². The van der Waals surface area contributed by atoms with Crippen LogP contribution in [0.1, 0.15) is 32.4 Å². The largest absolute Gasteiger partial charge is 0.465 e. The van der Waals surface area contributed by atoms with Gasteiger partial charge in [-0.15, -0.1) is 11.3 Å². The van der Waals surface area contributed by atoms with Crippen LogP contribution >= 0.6 is 11.3 Å². The molecule has 4 aromatic rings. The predicted octanol–water partition coefficient (Wildman–Crippen LogP) is 5.17. The van der Waals surface area contributed by atoms with E-state index in [1.165, 1.54) is 23.3 Å². The molecule has 0 bridgehead atoms. The number of nitrogens with zero attached hydrogens (tertiary/aromatic N) is 1. The lowest BCUT2D eigenvalue weighted by Crippen LogP contribution is -2.44. The summed E-state index contributed by atoms with van der Waals surface area (Å²) in [5, 5.41) is 4.90. The number of carbonyl (C=O) groups is 3. The Morgan fingerprint density at radius 1 is 0.889 bits per heavy atom. The maximum Gasteiger partial charge on any atom is 0.337 e. The number of rotatable bonds is 9. The molecule has 7 heteroatoms. The molecule has 0 unspecified atom stereocenters.